The van der Waals surface area contributed by atoms with Crippen LogP contribution >= 0.6 is 11.3 Å². The predicted molar refractivity (Wildman–Crippen MR) is 57.1 cm³/mol. The van der Waals surface area contributed by atoms with E-state index in [1.165, 1.54) is 4.88 Å². The summed E-state index contributed by atoms with van der Waals surface area (Å²) in [6.45, 7) is 2.01. The second kappa shape index (κ2) is 5.37. The molecule has 0 spiro atoms. The fourth-order valence-electron chi connectivity index (χ4n) is 1.17. The van der Waals surface area contributed by atoms with Crippen molar-refractivity contribution in [1.82, 2.24) is 0 Å². The number of aryl methyl sites for hydroxylation is 1. The third-order valence-electron chi connectivity index (χ3n) is 2.28. The predicted octanol–water partition coefficient (Wildman–Crippen LogP) is 2.04. The van der Waals surface area contributed by atoms with Crippen LogP contribution in [0.3, 0.4) is 0 Å². The van der Waals surface area contributed by atoms with Gasteiger partial charge < -0.3 is 10.5 Å². The topological polar surface area (TPSA) is 35.2 Å². The van der Waals surface area contributed by atoms with Gasteiger partial charge >= 0.3 is 0 Å². The lowest BCUT2D eigenvalue weighted by atomic mass is 10.1. The van der Waals surface area contributed by atoms with E-state index in [4.69, 9.17) is 10.5 Å². The molecule has 0 amide bonds. The molecule has 0 radical (unpaired) electrons. The maximum Gasteiger partial charge on any atom is 0.0694 e. The van der Waals surface area contributed by atoms with Gasteiger partial charge in [0.1, 0.15) is 0 Å². The first kappa shape index (κ1) is 10.7. The zero-order valence-electron chi connectivity index (χ0n) is 8.19. The fraction of sp³-hybridized carbons (Fsp3) is 0.600. The highest BCUT2D eigenvalue weighted by Gasteiger charge is 2.11. The number of hydrogen-bond acceptors (Lipinski definition) is 3. The molecule has 0 aromatic carbocycles. The van der Waals surface area contributed by atoms with Gasteiger partial charge in [-0.2, -0.15) is 0 Å². The van der Waals surface area contributed by atoms with Crippen molar-refractivity contribution >= 4 is 11.3 Å². The lowest BCUT2D eigenvalue weighted by molar-refractivity contribution is 0.0931. The molecule has 0 bridgehead atoms. The largest absolute Gasteiger partial charge is 0.380 e. The van der Waals surface area contributed by atoms with Gasteiger partial charge in [-0.1, -0.05) is 6.07 Å². The van der Waals surface area contributed by atoms with E-state index >= 15 is 0 Å². The fourth-order valence-corrected chi connectivity index (χ4v) is 1.90. The molecule has 0 aliphatic heterocycles. The van der Waals surface area contributed by atoms with E-state index in [1.54, 1.807) is 18.4 Å². The normalized spacial score (nSPS) is 15.6. The molecule has 0 saturated heterocycles. The van der Waals surface area contributed by atoms with Gasteiger partial charge in [-0.05, 0) is 31.2 Å². The van der Waals surface area contributed by atoms with Gasteiger partial charge in [0.2, 0.25) is 0 Å². The van der Waals surface area contributed by atoms with Gasteiger partial charge in [-0.25, -0.2) is 0 Å². The van der Waals surface area contributed by atoms with Crippen molar-refractivity contribution in [3.8, 4) is 0 Å². The first-order valence-corrected chi connectivity index (χ1v) is 5.42. The first-order valence-electron chi connectivity index (χ1n) is 4.54. The highest BCUT2D eigenvalue weighted by atomic mass is 32.1. The lowest BCUT2D eigenvalue weighted by Crippen LogP contribution is -2.34. The summed E-state index contributed by atoms with van der Waals surface area (Å²) in [5.74, 6) is 0. The first-order chi connectivity index (χ1) is 6.24. The van der Waals surface area contributed by atoms with E-state index in [-0.39, 0.29) is 12.1 Å². The smallest absolute Gasteiger partial charge is 0.0694 e. The SMILES string of the molecule is COC(C)C(N)CCc1cccs1. The molecular weight excluding hydrogens is 182 g/mol. The minimum absolute atomic E-state index is 0.145. The summed E-state index contributed by atoms with van der Waals surface area (Å²) < 4.78 is 5.16. The van der Waals surface area contributed by atoms with Crippen molar-refractivity contribution in [2.24, 2.45) is 5.73 Å². The minimum Gasteiger partial charge on any atom is -0.380 e. The van der Waals surface area contributed by atoms with Crippen LogP contribution in [0.2, 0.25) is 0 Å². The Labute approximate surface area is 83.7 Å². The van der Waals surface area contributed by atoms with Crippen LogP contribution in [0, 0.1) is 0 Å². The summed E-state index contributed by atoms with van der Waals surface area (Å²) in [5.41, 5.74) is 5.92. The van der Waals surface area contributed by atoms with Crippen LogP contribution < -0.4 is 5.73 Å². The number of methoxy groups -OCH3 is 1. The number of hydrogen-bond donors (Lipinski definition) is 1. The monoisotopic (exact) mass is 199 g/mol. The summed E-state index contributed by atoms with van der Waals surface area (Å²) >= 11 is 1.79. The van der Waals surface area contributed by atoms with Crippen molar-refractivity contribution in [3.05, 3.63) is 22.4 Å². The van der Waals surface area contributed by atoms with Crippen molar-refractivity contribution in [2.45, 2.75) is 31.9 Å². The molecular formula is C10H17NOS. The quantitative estimate of drug-likeness (QED) is 0.787. The third-order valence-corrected chi connectivity index (χ3v) is 3.22. The Morgan fingerprint density at radius 2 is 2.38 bits per heavy atom. The Bertz CT molecular complexity index is 223. The molecule has 1 rings (SSSR count). The van der Waals surface area contributed by atoms with Crippen LogP contribution in [0.1, 0.15) is 18.2 Å². The number of ether oxygens (including phenoxy) is 1. The second-order valence-electron chi connectivity index (χ2n) is 3.22. The number of nitrogens with two attached hydrogens (primary N) is 1. The maximum atomic E-state index is 5.92. The average Bonchev–Trinajstić information content (AvgIpc) is 2.65. The summed E-state index contributed by atoms with van der Waals surface area (Å²) in [5, 5.41) is 2.10. The van der Waals surface area contributed by atoms with Crippen molar-refractivity contribution in [3.63, 3.8) is 0 Å². The van der Waals surface area contributed by atoms with Crippen LogP contribution in [-0.2, 0) is 11.2 Å². The van der Waals surface area contributed by atoms with E-state index in [0.29, 0.717) is 0 Å². The van der Waals surface area contributed by atoms with Crippen LogP contribution in [0.4, 0.5) is 0 Å². The van der Waals surface area contributed by atoms with E-state index < -0.39 is 0 Å². The lowest BCUT2D eigenvalue weighted by Gasteiger charge is -2.17. The van der Waals surface area contributed by atoms with Crippen molar-refractivity contribution in [1.29, 1.82) is 0 Å². The number of thiophene rings is 1. The molecule has 74 valence electrons. The molecule has 0 aliphatic carbocycles. The van der Waals surface area contributed by atoms with Gasteiger partial charge in [0.15, 0.2) is 0 Å². The third kappa shape index (κ3) is 3.46. The molecule has 0 aliphatic rings. The average molecular weight is 199 g/mol. The maximum absolute atomic E-state index is 5.92. The van der Waals surface area contributed by atoms with E-state index in [9.17, 15) is 0 Å². The Balaban J connectivity index is 2.26. The van der Waals surface area contributed by atoms with E-state index in [1.807, 2.05) is 6.92 Å². The van der Waals surface area contributed by atoms with Gasteiger partial charge in [-0.3, -0.25) is 0 Å². The summed E-state index contributed by atoms with van der Waals surface area (Å²) in [4.78, 5) is 1.40. The molecule has 2 N–H and O–H groups in total. The van der Waals surface area contributed by atoms with Crippen LogP contribution in [0.25, 0.3) is 0 Å². The zero-order valence-corrected chi connectivity index (χ0v) is 9.01. The van der Waals surface area contributed by atoms with Gasteiger partial charge in [0.25, 0.3) is 0 Å². The van der Waals surface area contributed by atoms with E-state index in [0.717, 1.165) is 12.8 Å². The molecule has 0 fully saturated rings. The molecule has 1 heterocycles. The summed E-state index contributed by atoms with van der Waals surface area (Å²) in [7, 11) is 1.70. The Hall–Kier alpha value is -0.380. The minimum atomic E-state index is 0.145. The van der Waals surface area contributed by atoms with Crippen LogP contribution in [-0.4, -0.2) is 19.3 Å². The Morgan fingerprint density at radius 3 is 2.92 bits per heavy atom. The van der Waals surface area contributed by atoms with Crippen molar-refractivity contribution < 1.29 is 4.74 Å². The highest BCUT2D eigenvalue weighted by molar-refractivity contribution is 7.09. The summed E-state index contributed by atoms with van der Waals surface area (Å²) in [6.07, 6.45) is 2.21. The van der Waals surface area contributed by atoms with Crippen LogP contribution in [0.15, 0.2) is 17.5 Å². The molecule has 2 unspecified atom stereocenters. The Kier molecular flexibility index (Phi) is 4.42. The van der Waals surface area contributed by atoms with Gasteiger partial charge in [0.05, 0.1) is 6.10 Å². The second-order valence-corrected chi connectivity index (χ2v) is 4.25. The molecule has 1 aromatic heterocycles. The molecule has 13 heavy (non-hydrogen) atoms. The molecule has 1 aromatic rings. The van der Waals surface area contributed by atoms with Gasteiger partial charge in [-0.15, -0.1) is 11.3 Å². The van der Waals surface area contributed by atoms with E-state index in [2.05, 4.69) is 17.5 Å². The molecule has 2 atom stereocenters. The molecule has 2 nitrogen and oxygen atoms in total. The molecule has 3 heteroatoms. The van der Waals surface area contributed by atoms with Crippen LogP contribution in [0.5, 0.6) is 0 Å². The standard InChI is InChI=1S/C10H17NOS/c1-8(12-2)10(11)6-5-9-4-3-7-13-9/h3-4,7-8,10H,5-6,11H2,1-2H3. The zero-order chi connectivity index (χ0) is 9.68. The van der Waals surface area contributed by atoms with Gasteiger partial charge in [0, 0.05) is 18.0 Å². The molecule has 0 saturated carbocycles. The number of rotatable bonds is 5. The Morgan fingerprint density at radius 1 is 1.62 bits per heavy atom. The highest BCUT2D eigenvalue weighted by Crippen LogP contribution is 2.12. The summed E-state index contributed by atoms with van der Waals surface area (Å²) in [6, 6.07) is 4.37. The van der Waals surface area contributed by atoms with Crippen molar-refractivity contribution in [2.75, 3.05) is 7.11 Å².